The number of anilines is 1. The van der Waals surface area contributed by atoms with Crippen LogP contribution >= 0.6 is 0 Å². The summed E-state index contributed by atoms with van der Waals surface area (Å²) in [7, 11) is 0. The number of carbonyl (C=O) groups is 1. The number of nitrogens with one attached hydrogen (secondary N) is 1. The van der Waals surface area contributed by atoms with Gasteiger partial charge in [0.1, 0.15) is 11.4 Å². The van der Waals surface area contributed by atoms with Gasteiger partial charge < -0.3 is 5.32 Å². The van der Waals surface area contributed by atoms with E-state index in [1.165, 1.54) is 11.6 Å². The van der Waals surface area contributed by atoms with Gasteiger partial charge in [0, 0.05) is 32.7 Å². The summed E-state index contributed by atoms with van der Waals surface area (Å²) in [5.74, 6) is -0.455. The molecule has 1 saturated carbocycles. The van der Waals surface area contributed by atoms with Crippen molar-refractivity contribution >= 4 is 11.6 Å². The van der Waals surface area contributed by atoms with Crippen molar-refractivity contribution in [3.63, 3.8) is 0 Å². The second-order valence-electron chi connectivity index (χ2n) is 7.21. The van der Waals surface area contributed by atoms with E-state index in [1.54, 1.807) is 18.2 Å². The van der Waals surface area contributed by atoms with E-state index in [0.29, 0.717) is 0 Å². The highest BCUT2D eigenvalue weighted by molar-refractivity contribution is 6.00. The first kappa shape index (κ1) is 17.2. The molecule has 26 heavy (non-hydrogen) atoms. The topological polar surface area (TPSA) is 35.6 Å². The molecule has 1 aliphatic heterocycles. The highest BCUT2D eigenvalue weighted by Gasteiger charge is 2.54. The zero-order valence-corrected chi connectivity index (χ0v) is 14.8. The lowest BCUT2D eigenvalue weighted by Gasteiger charge is -2.39. The molecule has 2 aromatic carbocycles. The second kappa shape index (κ2) is 7.17. The van der Waals surface area contributed by atoms with Crippen LogP contribution < -0.4 is 5.32 Å². The van der Waals surface area contributed by atoms with Crippen LogP contribution in [0.2, 0.25) is 0 Å². The fraction of sp³-hybridized carbons (Fsp3) is 0.381. The van der Waals surface area contributed by atoms with Crippen molar-refractivity contribution in [1.29, 1.82) is 0 Å². The summed E-state index contributed by atoms with van der Waals surface area (Å²) in [5.41, 5.74) is 1.15. The van der Waals surface area contributed by atoms with Gasteiger partial charge in [-0.25, -0.2) is 4.39 Å². The van der Waals surface area contributed by atoms with Gasteiger partial charge in [0.05, 0.1) is 5.69 Å². The molecular formula is C21H24FN3O. The minimum Gasteiger partial charge on any atom is -0.322 e. The van der Waals surface area contributed by atoms with Crippen molar-refractivity contribution in [1.82, 2.24) is 9.80 Å². The Balaban J connectivity index is 1.35. The zero-order chi connectivity index (χ0) is 18.0. The molecule has 4 nitrogen and oxygen atoms in total. The van der Waals surface area contributed by atoms with Gasteiger partial charge in [0.15, 0.2) is 0 Å². The van der Waals surface area contributed by atoms with E-state index in [9.17, 15) is 9.18 Å². The molecular weight excluding hydrogens is 329 g/mol. The Labute approximate surface area is 153 Å². The molecule has 0 spiro atoms. The van der Waals surface area contributed by atoms with E-state index in [0.717, 1.165) is 45.6 Å². The molecule has 1 aliphatic carbocycles. The molecule has 0 bridgehead atoms. The average Bonchev–Trinajstić information content (AvgIpc) is 3.47. The van der Waals surface area contributed by atoms with Crippen LogP contribution in [0.5, 0.6) is 0 Å². The number of amides is 1. The molecule has 1 amide bonds. The summed E-state index contributed by atoms with van der Waals surface area (Å²) in [6.07, 6.45) is 1.71. The number of nitrogens with zero attached hydrogens (tertiary/aromatic N) is 2. The highest BCUT2D eigenvalue weighted by atomic mass is 19.1. The van der Waals surface area contributed by atoms with Crippen LogP contribution in [-0.4, -0.2) is 47.4 Å². The summed E-state index contributed by atoms with van der Waals surface area (Å²) in [6, 6.07) is 16.8. The fourth-order valence-electron chi connectivity index (χ4n) is 3.78. The molecule has 0 radical (unpaired) electrons. The number of para-hydroxylation sites is 1. The highest BCUT2D eigenvalue weighted by Crippen LogP contribution is 2.43. The van der Waals surface area contributed by atoms with Crippen LogP contribution in [0.15, 0.2) is 54.6 Å². The maximum absolute atomic E-state index is 13.8. The molecule has 2 aliphatic rings. The lowest BCUT2D eigenvalue weighted by Crippen LogP contribution is -2.55. The molecule has 1 heterocycles. The van der Waals surface area contributed by atoms with Gasteiger partial charge in [-0.15, -0.1) is 0 Å². The molecule has 2 fully saturated rings. The minimum absolute atomic E-state index is 0.0703. The Morgan fingerprint density at radius 3 is 2.27 bits per heavy atom. The smallest absolute Gasteiger partial charge is 0.244 e. The molecule has 1 saturated heterocycles. The summed E-state index contributed by atoms with van der Waals surface area (Å²) in [5, 5.41) is 2.79. The molecule has 0 aromatic heterocycles. The first-order chi connectivity index (χ1) is 12.7. The van der Waals surface area contributed by atoms with Crippen LogP contribution in [-0.2, 0) is 11.3 Å². The Kier molecular flexibility index (Phi) is 4.74. The fourth-order valence-corrected chi connectivity index (χ4v) is 3.78. The first-order valence-electron chi connectivity index (χ1n) is 9.25. The summed E-state index contributed by atoms with van der Waals surface area (Å²) in [6.45, 7) is 4.59. The van der Waals surface area contributed by atoms with Crippen LogP contribution in [0.3, 0.4) is 0 Å². The zero-order valence-electron chi connectivity index (χ0n) is 14.8. The maximum atomic E-state index is 13.8. The lowest BCUT2D eigenvalue weighted by molar-refractivity contribution is -0.123. The van der Waals surface area contributed by atoms with Crippen molar-refractivity contribution in [3.05, 3.63) is 66.0 Å². The van der Waals surface area contributed by atoms with Crippen molar-refractivity contribution in [2.45, 2.75) is 24.9 Å². The van der Waals surface area contributed by atoms with E-state index >= 15 is 0 Å². The third kappa shape index (κ3) is 3.50. The Hall–Kier alpha value is -2.24. The largest absolute Gasteiger partial charge is 0.322 e. The molecule has 1 N–H and O–H groups in total. The van der Waals surface area contributed by atoms with Crippen LogP contribution in [0.4, 0.5) is 10.1 Å². The quantitative estimate of drug-likeness (QED) is 0.897. The predicted molar refractivity (Wildman–Crippen MR) is 100 cm³/mol. The van der Waals surface area contributed by atoms with Gasteiger partial charge in [-0.1, -0.05) is 42.5 Å². The number of halogens is 1. The van der Waals surface area contributed by atoms with Gasteiger partial charge >= 0.3 is 0 Å². The summed E-state index contributed by atoms with van der Waals surface area (Å²) in [4.78, 5) is 17.5. The monoisotopic (exact) mass is 353 g/mol. The number of carbonyl (C=O) groups excluding carboxylic acids is 1. The van der Waals surface area contributed by atoms with Crippen LogP contribution in [0.1, 0.15) is 18.4 Å². The molecule has 2 aromatic rings. The SMILES string of the molecule is O=C(Nc1ccccc1F)C1(N2CCN(Cc3ccccc3)CC2)CC1. The Morgan fingerprint density at radius 2 is 1.62 bits per heavy atom. The van der Waals surface area contributed by atoms with E-state index < -0.39 is 5.54 Å². The molecule has 0 unspecified atom stereocenters. The van der Waals surface area contributed by atoms with Crippen molar-refractivity contribution in [3.8, 4) is 0 Å². The summed E-state index contributed by atoms with van der Waals surface area (Å²) >= 11 is 0. The first-order valence-corrected chi connectivity index (χ1v) is 9.25. The Morgan fingerprint density at radius 1 is 0.962 bits per heavy atom. The normalized spacial score (nSPS) is 19.9. The van der Waals surface area contributed by atoms with E-state index in [2.05, 4.69) is 39.4 Å². The van der Waals surface area contributed by atoms with Crippen molar-refractivity contribution in [2.75, 3.05) is 31.5 Å². The van der Waals surface area contributed by atoms with Gasteiger partial charge in [-0.3, -0.25) is 14.6 Å². The minimum atomic E-state index is -0.443. The standard InChI is InChI=1S/C21H24FN3O/c22-18-8-4-5-9-19(18)23-20(26)21(10-11-21)25-14-12-24(13-15-25)16-17-6-2-1-3-7-17/h1-9H,10-16H2,(H,23,26). The third-order valence-electron chi connectivity index (χ3n) is 5.49. The van der Waals surface area contributed by atoms with Gasteiger partial charge in [-0.2, -0.15) is 0 Å². The van der Waals surface area contributed by atoms with Crippen molar-refractivity contribution in [2.24, 2.45) is 0 Å². The summed E-state index contributed by atoms with van der Waals surface area (Å²) < 4.78 is 13.8. The Bertz CT molecular complexity index is 768. The maximum Gasteiger partial charge on any atom is 0.244 e. The molecule has 4 rings (SSSR count). The number of hydrogen-bond acceptors (Lipinski definition) is 3. The lowest BCUT2D eigenvalue weighted by atomic mass is 10.1. The van der Waals surface area contributed by atoms with Gasteiger partial charge in [0.2, 0.25) is 5.91 Å². The van der Waals surface area contributed by atoms with E-state index in [-0.39, 0.29) is 17.4 Å². The number of hydrogen-bond donors (Lipinski definition) is 1. The number of piperazine rings is 1. The molecule has 0 atom stereocenters. The van der Waals surface area contributed by atoms with Gasteiger partial charge in [-0.05, 0) is 30.5 Å². The van der Waals surface area contributed by atoms with Crippen LogP contribution in [0.25, 0.3) is 0 Å². The van der Waals surface area contributed by atoms with Crippen molar-refractivity contribution < 1.29 is 9.18 Å². The van der Waals surface area contributed by atoms with Gasteiger partial charge in [0.25, 0.3) is 0 Å². The predicted octanol–water partition coefficient (Wildman–Crippen LogP) is 3.11. The molecule has 136 valence electrons. The van der Waals surface area contributed by atoms with Crippen LogP contribution in [0, 0.1) is 5.82 Å². The average molecular weight is 353 g/mol. The third-order valence-corrected chi connectivity index (χ3v) is 5.49. The van der Waals surface area contributed by atoms with E-state index in [4.69, 9.17) is 0 Å². The second-order valence-corrected chi connectivity index (χ2v) is 7.21. The number of rotatable bonds is 5. The molecule has 5 heteroatoms. The number of benzene rings is 2. The van der Waals surface area contributed by atoms with E-state index in [1.807, 2.05) is 6.07 Å².